The SMILES string of the molecule is COc1cc(C(=O)OCCCc2cccnc2)cc(OC)c1OC.Cl. The van der Waals surface area contributed by atoms with Crippen molar-refractivity contribution in [3.63, 3.8) is 0 Å². The van der Waals surface area contributed by atoms with Gasteiger partial charge in [0.1, 0.15) is 0 Å². The second kappa shape index (κ2) is 10.4. The molecule has 6 nitrogen and oxygen atoms in total. The van der Waals surface area contributed by atoms with Gasteiger partial charge in [0.05, 0.1) is 33.5 Å². The molecule has 0 saturated carbocycles. The van der Waals surface area contributed by atoms with Gasteiger partial charge in [-0.2, -0.15) is 0 Å². The van der Waals surface area contributed by atoms with Crippen molar-refractivity contribution < 1.29 is 23.7 Å². The molecule has 0 atom stereocenters. The molecule has 0 aliphatic carbocycles. The van der Waals surface area contributed by atoms with Crippen molar-refractivity contribution in [2.75, 3.05) is 27.9 Å². The summed E-state index contributed by atoms with van der Waals surface area (Å²) >= 11 is 0. The van der Waals surface area contributed by atoms with Crippen molar-refractivity contribution >= 4 is 18.4 Å². The van der Waals surface area contributed by atoms with Crippen LogP contribution in [0.5, 0.6) is 17.2 Å². The van der Waals surface area contributed by atoms with Crippen LogP contribution in [0.4, 0.5) is 0 Å². The van der Waals surface area contributed by atoms with E-state index in [1.807, 2.05) is 12.1 Å². The molecule has 1 aromatic heterocycles. The predicted octanol–water partition coefficient (Wildman–Crippen LogP) is 3.32. The quantitative estimate of drug-likeness (QED) is 0.526. The van der Waals surface area contributed by atoms with Crippen LogP contribution in [0.15, 0.2) is 36.7 Å². The number of carbonyl (C=O) groups excluding carboxylic acids is 1. The lowest BCUT2D eigenvalue weighted by atomic mass is 10.1. The van der Waals surface area contributed by atoms with E-state index in [1.54, 1.807) is 24.5 Å². The number of benzene rings is 1. The third-order valence-corrected chi connectivity index (χ3v) is 3.47. The molecule has 25 heavy (non-hydrogen) atoms. The molecule has 0 aliphatic heterocycles. The van der Waals surface area contributed by atoms with Crippen LogP contribution in [0.25, 0.3) is 0 Å². The molecule has 0 aliphatic rings. The van der Waals surface area contributed by atoms with Gasteiger partial charge in [0.15, 0.2) is 11.5 Å². The topological polar surface area (TPSA) is 66.9 Å². The normalized spacial score (nSPS) is 9.72. The van der Waals surface area contributed by atoms with Gasteiger partial charge in [0.2, 0.25) is 5.75 Å². The van der Waals surface area contributed by atoms with Gasteiger partial charge >= 0.3 is 5.97 Å². The predicted molar refractivity (Wildman–Crippen MR) is 96.2 cm³/mol. The third-order valence-electron chi connectivity index (χ3n) is 3.47. The molecule has 136 valence electrons. The minimum absolute atomic E-state index is 0. The highest BCUT2D eigenvalue weighted by molar-refractivity contribution is 5.91. The van der Waals surface area contributed by atoms with Gasteiger partial charge in [-0.05, 0) is 36.6 Å². The number of methoxy groups -OCH3 is 3. The maximum atomic E-state index is 12.2. The van der Waals surface area contributed by atoms with E-state index >= 15 is 0 Å². The standard InChI is InChI=1S/C18H21NO5.ClH/c1-21-15-10-14(11-16(22-2)17(15)23-3)18(20)24-9-5-7-13-6-4-8-19-12-13;/h4,6,8,10-12H,5,7,9H2,1-3H3;1H. The molecule has 1 heterocycles. The van der Waals surface area contributed by atoms with Crippen molar-refractivity contribution in [3.05, 3.63) is 47.8 Å². The Bertz CT molecular complexity index is 653. The Balaban J connectivity index is 0.00000312. The first kappa shape index (κ1) is 20.6. The number of aromatic nitrogens is 1. The average molecular weight is 368 g/mol. The zero-order valence-corrected chi connectivity index (χ0v) is 15.3. The number of hydrogen-bond donors (Lipinski definition) is 0. The molecular weight excluding hydrogens is 346 g/mol. The van der Waals surface area contributed by atoms with E-state index in [2.05, 4.69) is 4.98 Å². The summed E-state index contributed by atoms with van der Waals surface area (Å²) in [6.45, 7) is 0.324. The highest BCUT2D eigenvalue weighted by Crippen LogP contribution is 2.38. The summed E-state index contributed by atoms with van der Waals surface area (Å²) in [7, 11) is 4.51. The summed E-state index contributed by atoms with van der Waals surface area (Å²) in [5.74, 6) is 0.840. The van der Waals surface area contributed by atoms with E-state index in [1.165, 1.54) is 21.3 Å². The molecule has 0 radical (unpaired) electrons. The Morgan fingerprint density at radius 2 is 1.76 bits per heavy atom. The van der Waals surface area contributed by atoms with Crippen LogP contribution in [0, 0.1) is 0 Å². The van der Waals surface area contributed by atoms with Crippen molar-refractivity contribution in [2.45, 2.75) is 12.8 Å². The number of nitrogens with zero attached hydrogens (tertiary/aromatic N) is 1. The zero-order valence-electron chi connectivity index (χ0n) is 14.5. The average Bonchev–Trinajstić information content (AvgIpc) is 2.64. The minimum Gasteiger partial charge on any atom is -0.493 e. The largest absolute Gasteiger partial charge is 0.493 e. The van der Waals surface area contributed by atoms with Crippen LogP contribution in [0.1, 0.15) is 22.3 Å². The first-order chi connectivity index (χ1) is 11.7. The number of carbonyl (C=O) groups is 1. The van der Waals surface area contributed by atoms with Crippen LogP contribution in [0.2, 0.25) is 0 Å². The zero-order chi connectivity index (χ0) is 17.4. The number of rotatable bonds is 8. The summed E-state index contributed by atoms with van der Waals surface area (Å²) in [6.07, 6.45) is 5.06. The second-order valence-electron chi connectivity index (χ2n) is 5.01. The van der Waals surface area contributed by atoms with Crippen molar-refractivity contribution in [3.8, 4) is 17.2 Å². The fourth-order valence-corrected chi connectivity index (χ4v) is 2.27. The van der Waals surface area contributed by atoms with E-state index in [4.69, 9.17) is 18.9 Å². The van der Waals surface area contributed by atoms with E-state index in [0.29, 0.717) is 29.4 Å². The molecule has 0 saturated heterocycles. The maximum Gasteiger partial charge on any atom is 0.338 e. The molecule has 0 unspecified atom stereocenters. The monoisotopic (exact) mass is 367 g/mol. The lowest BCUT2D eigenvalue weighted by Gasteiger charge is -2.13. The second-order valence-corrected chi connectivity index (χ2v) is 5.01. The van der Waals surface area contributed by atoms with E-state index in [9.17, 15) is 4.79 Å². The number of hydrogen-bond acceptors (Lipinski definition) is 6. The van der Waals surface area contributed by atoms with Gasteiger partial charge in [-0.1, -0.05) is 6.07 Å². The molecule has 7 heteroatoms. The number of halogens is 1. The lowest BCUT2D eigenvalue weighted by Crippen LogP contribution is -2.08. The highest BCUT2D eigenvalue weighted by Gasteiger charge is 2.17. The number of pyridine rings is 1. The lowest BCUT2D eigenvalue weighted by molar-refractivity contribution is 0.0499. The number of ether oxygens (including phenoxy) is 4. The minimum atomic E-state index is -0.430. The maximum absolute atomic E-state index is 12.2. The number of aryl methyl sites for hydroxylation is 1. The van der Waals surface area contributed by atoms with E-state index < -0.39 is 5.97 Å². The van der Waals surface area contributed by atoms with Crippen LogP contribution >= 0.6 is 12.4 Å². The Morgan fingerprint density at radius 1 is 1.08 bits per heavy atom. The molecule has 0 spiro atoms. The van der Waals surface area contributed by atoms with Gasteiger partial charge < -0.3 is 18.9 Å². The molecule has 2 aromatic rings. The summed E-state index contributed by atoms with van der Waals surface area (Å²) in [5, 5.41) is 0. The molecule has 0 N–H and O–H groups in total. The molecule has 0 bridgehead atoms. The van der Waals surface area contributed by atoms with E-state index in [-0.39, 0.29) is 12.4 Å². The molecule has 0 amide bonds. The highest BCUT2D eigenvalue weighted by atomic mass is 35.5. The molecule has 0 fully saturated rings. The molecule has 2 rings (SSSR count). The summed E-state index contributed by atoms with van der Waals surface area (Å²) < 4.78 is 21.0. The van der Waals surface area contributed by atoms with Crippen LogP contribution < -0.4 is 14.2 Å². The van der Waals surface area contributed by atoms with Crippen LogP contribution in [0.3, 0.4) is 0 Å². The molecular formula is C18H22ClNO5. The van der Waals surface area contributed by atoms with Crippen LogP contribution in [-0.4, -0.2) is 38.9 Å². The summed E-state index contributed by atoms with van der Waals surface area (Å²) in [5.41, 5.74) is 1.47. The van der Waals surface area contributed by atoms with Gasteiger partial charge in [0.25, 0.3) is 0 Å². The fraction of sp³-hybridized carbons (Fsp3) is 0.333. The molecule has 1 aromatic carbocycles. The van der Waals surface area contributed by atoms with E-state index in [0.717, 1.165) is 18.4 Å². The first-order valence-corrected chi connectivity index (χ1v) is 7.55. The Kier molecular flexibility index (Phi) is 8.56. The van der Waals surface area contributed by atoms with Gasteiger partial charge in [-0.3, -0.25) is 4.98 Å². The Labute approximate surface area is 153 Å². The van der Waals surface area contributed by atoms with Crippen molar-refractivity contribution in [1.29, 1.82) is 0 Å². The Hall–Kier alpha value is -2.47. The van der Waals surface area contributed by atoms with Gasteiger partial charge in [0, 0.05) is 12.4 Å². The summed E-state index contributed by atoms with van der Waals surface area (Å²) in [4.78, 5) is 16.3. The smallest absolute Gasteiger partial charge is 0.338 e. The fourth-order valence-electron chi connectivity index (χ4n) is 2.27. The van der Waals surface area contributed by atoms with Crippen molar-refractivity contribution in [2.24, 2.45) is 0 Å². The number of esters is 1. The van der Waals surface area contributed by atoms with Gasteiger partial charge in [-0.15, -0.1) is 12.4 Å². The van der Waals surface area contributed by atoms with Crippen molar-refractivity contribution in [1.82, 2.24) is 4.98 Å². The van der Waals surface area contributed by atoms with Crippen LogP contribution in [-0.2, 0) is 11.2 Å². The first-order valence-electron chi connectivity index (χ1n) is 7.55. The third kappa shape index (κ3) is 5.53. The Morgan fingerprint density at radius 3 is 2.28 bits per heavy atom. The van der Waals surface area contributed by atoms with Gasteiger partial charge in [-0.25, -0.2) is 4.79 Å². The summed E-state index contributed by atoms with van der Waals surface area (Å²) in [6, 6.07) is 7.03.